The second-order valence-electron chi connectivity index (χ2n) is 3.44. The minimum atomic E-state index is -0.981. The Labute approximate surface area is 104 Å². The van der Waals surface area contributed by atoms with Gasteiger partial charge in [0.05, 0.1) is 16.9 Å². The molecule has 0 bridgehead atoms. The predicted molar refractivity (Wildman–Crippen MR) is 61.2 cm³/mol. The van der Waals surface area contributed by atoms with Crippen LogP contribution in [-0.2, 0) is 0 Å². The molecule has 1 heterocycles. The van der Waals surface area contributed by atoms with Crippen LogP contribution in [0.15, 0.2) is 29.3 Å². The molecule has 9 heteroatoms. The molecular weight excluding hydrogens is 262 g/mol. The SMILES string of the molecule is O=c1[nH]cnc(Nc2ccc(F)cc2F)c1[N+](=O)[O-]. The Morgan fingerprint density at radius 3 is 2.74 bits per heavy atom. The maximum absolute atomic E-state index is 13.4. The summed E-state index contributed by atoms with van der Waals surface area (Å²) in [5.41, 5.74) is -2.07. The molecule has 2 N–H and O–H groups in total. The summed E-state index contributed by atoms with van der Waals surface area (Å²) in [7, 11) is 0. The molecule has 1 aromatic carbocycles. The van der Waals surface area contributed by atoms with Crippen LogP contribution in [0.1, 0.15) is 0 Å². The van der Waals surface area contributed by atoms with Gasteiger partial charge in [-0.25, -0.2) is 13.8 Å². The molecule has 19 heavy (non-hydrogen) atoms. The van der Waals surface area contributed by atoms with E-state index in [4.69, 9.17) is 0 Å². The van der Waals surface area contributed by atoms with E-state index in [1.807, 2.05) is 4.98 Å². The summed E-state index contributed by atoms with van der Waals surface area (Å²) in [6.45, 7) is 0. The maximum atomic E-state index is 13.4. The molecule has 0 atom stereocenters. The number of hydrogen-bond acceptors (Lipinski definition) is 5. The standard InChI is InChI=1S/C10H6F2N4O3/c11-5-1-2-7(6(12)3-5)15-9-8(16(18)19)10(17)14-4-13-9/h1-4H,(H2,13,14,15,17). The normalized spacial score (nSPS) is 10.2. The van der Waals surface area contributed by atoms with Gasteiger partial charge >= 0.3 is 11.2 Å². The first kappa shape index (κ1) is 12.6. The monoisotopic (exact) mass is 268 g/mol. The van der Waals surface area contributed by atoms with Gasteiger partial charge < -0.3 is 10.3 Å². The van der Waals surface area contributed by atoms with E-state index in [9.17, 15) is 23.7 Å². The molecular formula is C10H6F2N4O3. The molecule has 0 fully saturated rings. The fourth-order valence-corrected chi connectivity index (χ4v) is 1.37. The van der Waals surface area contributed by atoms with Crippen molar-refractivity contribution in [1.29, 1.82) is 0 Å². The summed E-state index contributed by atoms with van der Waals surface area (Å²) in [5, 5.41) is 13.0. The fraction of sp³-hybridized carbons (Fsp3) is 0. The maximum Gasteiger partial charge on any atom is 0.376 e. The number of nitro groups is 1. The quantitative estimate of drug-likeness (QED) is 0.651. The number of aromatic nitrogens is 2. The molecule has 0 aliphatic heterocycles. The minimum absolute atomic E-state index is 0.234. The van der Waals surface area contributed by atoms with E-state index in [1.165, 1.54) is 0 Å². The second kappa shape index (κ2) is 4.80. The van der Waals surface area contributed by atoms with Crippen LogP contribution in [0.2, 0.25) is 0 Å². The zero-order valence-electron chi connectivity index (χ0n) is 9.18. The van der Waals surface area contributed by atoms with Crippen LogP contribution in [0, 0.1) is 21.7 Å². The Morgan fingerprint density at radius 1 is 1.37 bits per heavy atom. The van der Waals surface area contributed by atoms with E-state index >= 15 is 0 Å². The molecule has 0 unspecified atom stereocenters. The summed E-state index contributed by atoms with van der Waals surface area (Å²) >= 11 is 0. The van der Waals surface area contributed by atoms with Crippen LogP contribution >= 0.6 is 0 Å². The molecule has 98 valence electrons. The Balaban J connectivity index is 2.47. The minimum Gasteiger partial charge on any atom is -0.332 e. The van der Waals surface area contributed by atoms with Gasteiger partial charge in [0.2, 0.25) is 5.82 Å². The Kier molecular flexibility index (Phi) is 3.19. The number of halogens is 2. The van der Waals surface area contributed by atoms with Crippen molar-refractivity contribution in [2.45, 2.75) is 0 Å². The molecule has 0 spiro atoms. The van der Waals surface area contributed by atoms with E-state index in [0.29, 0.717) is 6.07 Å². The highest BCUT2D eigenvalue weighted by Crippen LogP contribution is 2.23. The van der Waals surface area contributed by atoms with Gasteiger partial charge in [-0.05, 0) is 12.1 Å². The summed E-state index contributed by atoms with van der Waals surface area (Å²) < 4.78 is 26.1. The summed E-state index contributed by atoms with van der Waals surface area (Å²) in [5.74, 6) is -2.19. The number of nitrogens with zero attached hydrogens (tertiary/aromatic N) is 2. The highest BCUT2D eigenvalue weighted by Gasteiger charge is 2.21. The molecule has 0 amide bonds. The van der Waals surface area contributed by atoms with Gasteiger partial charge in [0.25, 0.3) is 0 Å². The number of nitrogens with one attached hydrogen (secondary N) is 2. The third-order valence-corrected chi connectivity index (χ3v) is 2.20. The van der Waals surface area contributed by atoms with E-state index in [-0.39, 0.29) is 5.69 Å². The summed E-state index contributed by atoms with van der Waals surface area (Å²) in [4.78, 5) is 26.6. The van der Waals surface area contributed by atoms with E-state index < -0.39 is 33.6 Å². The molecule has 0 aliphatic carbocycles. The third kappa shape index (κ3) is 2.54. The summed E-state index contributed by atoms with van der Waals surface area (Å²) in [6, 6.07) is 2.60. The van der Waals surface area contributed by atoms with E-state index in [2.05, 4.69) is 10.3 Å². The lowest BCUT2D eigenvalue weighted by Crippen LogP contribution is -2.15. The first-order valence-electron chi connectivity index (χ1n) is 4.93. The number of hydrogen-bond donors (Lipinski definition) is 2. The largest absolute Gasteiger partial charge is 0.376 e. The van der Waals surface area contributed by atoms with Crippen LogP contribution in [0.25, 0.3) is 0 Å². The topological polar surface area (TPSA) is 101 Å². The zero-order valence-corrected chi connectivity index (χ0v) is 9.18. The van der Waals surface area contributed by atoms with E-state index in [1.54, 1.807) is 0 Å². The van der Waals surface area contributed by atoms with Crippen LogP contribution in [0.5, 0.6) is 0 Å². The van der Waals surface area contributed by atoms with Gasteiger partial charge in [0.1, 0.15) is 11.6 Å². The van der Waals surface area contributed by atoms with Gasteiger partial charge in [0.15, 0.2) is 0 Å². The lowest BCUT2D eigenvalue weighted by atomic mass is 10.3. The van der Waals surface area contributed by atoms with Crippen molar-refractivity contribution in [3.63, 3.8) is 0 Å². The van der Waals surface area contributed by atoms with Crippen LogP contribution in [-0.4, -0.2) is 14.9 Å². The third-order valence-electron chi connectivity index (χ3n) is 2.20. The Bertz CT molecular complexity index is 701. The van der Waals surface area contributed by atoms with Crippen molar-refractivity contribution in [3.8, 4) is 0 Å². The first-order valence-corrected chi connectivity index (χ1v) is 4.93. The molecule has 0 saturated carbocycles. The number of aromatic amines is 1. The van der Waals surface area contributed by atoms with Crippen LogP contribution in [0.4, 0.5) is 26.0 Å². The molecule has 2 aromatic rings. The van der Waals surface area contributed by atoms with Gasteiger partial charge in [0, 0.05) is 6.07 Å². The van der Waals surface area contributed by atoms with Crippen LogP contribution < -0.4 is 10.9 Å². The second-order valence-corrected chi connectivity index (χ2v) is 3.44. The van der Waals surface area contributed by atoms with Crippen molar-refractivity contribution < 1.29 is 13.7 Å². The van der Waals surface area contributed by atoms with Gasteiger partial charge in [-0.3, -0.25) is 14.9 Å². The van der Waals surface area contributed by atoms with Crippen molar-refractivity contribution in [2.24, 2.45) is 0 Å². The van der Waals surface area contributed by atoms with Crippen molar-refractivity contribution >= 4 is 17.2 Å². The zero-order chi connectivity index (χ0) is 14.0. The number of benzene rings is 1. The smallest absolute Gasteiger partial charge is 0.332 e. The van der Waals surface area contributed by atoms with Gasteiger partial charge in [-0.15, -0.1) is 0 Å². The fourth-order valence-electron chi connectivity index (χ4n) is 1.37. The van der Waals surface area contributed by atoms with Crippen molar-refractivity contribution in [2.75, 3.05) is 5.32 Å². The first-order chi connectivity index (χ1) is 8.99. The highest BCUT2D eigenvalue weighted by molar-refractivity contribution is 5.64. The average Bonchev–Trinajstić information content (AvgIpc) is 2.32. The molecule has 1 aromatic heterocycles. The lowest BCUT2D eigenvalue weighted by molar-refractivity contribution is -0.385. The molecule has 7 nitrogen and oxygen atoms in total. The van der Waals surface area contributed by atoms with Crippen molar-refractivity contribution in [1.82, 2.24) is 9.97 Å². The van der Waals surface area contributed by atoms with Crippen LogP contribution in [0.3, 0.4) is 0 Å². The predicted octanol–water partition coefficient (Wildman–Crippen LogP) is 1.70. The average molecular weight is 268 g/mol. The summed E-state index contributed by atoms with van der Waals surface area (Å²) in [6.07, 6.45) is 0.930. The molecule has 0 aliphatic rings. The Morgan fingerprint density at radius 2 is 2.11 bits per heavy atom. The van der Waals surface area contributed by atoms with E-state index in [0.717, 1.165) is 18.5 Å². The number of anilines is 2. The number of rotatable bonds is 3. The molecule has 2 rings (SSSR count). The highest BCUT2D eigenvalue weighted by atomic mass is 19.1. The lowest BCUT2D eigenvalue weighted by Gasteiger charge is -2.06. The number of H-pyrrole nitrogens is 1. The molecule has 0 radical (unpaired) electrons. The van der Waals surface area contributed by atoms with Crippen molar-refractivity contribution in [3.05, 3.63) is 56.6 Å². The Hall–Kier alpha value is -2.84. The van der Waals surface area contributed by atoms with Gasteiger partial charge in [-0.1, -0.05) is 0 Å². The molecule has 0 saturated heterocycles. The van der Waals surface area contributed by atoms with Gasteiger partial charge in [-0.2, -0.15) is 0 Å².